The third kappa shape index (κ3) is 4.71. The first-order valence-electron chi connectivity index (χ1n) is 9.92. The zero-order valence-electron chi connectivity index (χ0n) is 17.0. The Morgan fingerprint density at radius 1 is 1.10 bits per heavy atom. The minimum atomic E-state index is 0.264. The highest BCUT2D eigenvalue weighted by Gasteiger charge is 2.19. The van der Waals surface area contributed by atoms with Crippen molar-refractivity contribution in [2.45, 2.75) is 33.0 Å². The van der Waals surface area contributed by atoms with Crippen molar-refractivity contribution < 1.29 is 14.2 Å². The summed E-state index contributed by atoms with van der Waals surface area (Å²) < 4.78 is 18.8. The molecule has 6 nitrogen and oxygen atoms in total. The highest BCUT2D eigenvalue weighted by Crippen LogP contribution is 2.38. The molecule has 1 aliphatic rings. The summed E-state index contributed by atoms with van der Waals surface area (Å²) in [5.74, 6) is 2.37. The monoisotopic (exact) mass is 393 g/mol. The van der Waals surface area contributed by atoms with E-state index in [0.29, 0.717) is 0 Å². The topological polar surface area (TPSA) is 48.8 Å². The van der Waals surface area contributed by atoms with Crippen molar-refractivity contribution in [3.8, 4) is 17.2 Å². The Morgan fingerprint density at radius 2 is 1.90 bits per heavy atom. The van der Waals surface area contributed by atoms with E-state index in [1.165, 1.54) is 11.1 Å². The number of aromatic nitrogens is 2. The molecule has 29 heavy (non-hydrogen) atoms. The van der Waals surface area contributed by atoms with Crippen LogP contribution in [0, 0.1) is 6.92 Å². The molecular weight excluding hydrogens is 366 g/mol. The Kier molecular flexibility index (Phi) is 6.00. The zero-order chi connectivity index (χ0) is 20.1. The molecule has 4 rings (SSSR count). The summed E-state index contributed by atoms with van der Waals surface area (Å²) in [5.41, 5.74) is 3.76. The Bertz CT molecular complexity index is 941. The molecule has 0 spiro atoms. The summed E-state index contributed by atoms with van der Waals surface area (Å²) in [4.78, 5) is 6.59. The van der Waals surface area contributed by atoms with Crippen LogP contribution in [0.1, 0.15) is 23.1 Å². The van der Waals surface area contributed by atoms with Gasteiger partial charge in [0.05, 0.1) is 13.4 Å². The van der Waals surface area contributed by atoms with E-state index < -0.39 is 0 Å². The fourth-order valence-electron chi connectivity index (χ4n) is 3.66. The fourth-order valence-corrected chi connectivity index (χ4v) is 3.66. The molecule has 0 saturated carbocycles. The molecule has 6 heteroatoms. The molecule has 1 aliphatic heterocycles. The van der Waals surface area contributed by atoms with E-state index >= 15 is 0 Å². The Hall–Kier alpha value is -2.99. The van der Waals surface area contributed by atoms with Crippen molar-refractivity contribution in [3.63, 3.8) is 0 Å². The van der Waals surface area contributed by atoms with Crippen molar-refractivity contribution in [1.82, 2.24) is 14.5 Å². The van der Waals surface area contributed by atoms with Crippen LogP contribution in [0.15, 0.2) is 55.1 Å². The van der Waals surface area contributed by atoms with Crippen molar-refractivity contribution in [3.05, 3.63) is 71.8 Å². The minimum Gasteiger partial charge on any atom is -0.496 e. The summed E-state index contributed by atoms with van der Waals surface area (Å²) in [6, 6.07) is 12.5. The molecule has 2 heterocycles. The lowest BCUT2D eigenvalue weighted by molar-refractivity contribution is 0.173. The molecular formula is C23H27N3O3. The average molecular weight is 393 g/mol. The predicted molar refractivity (Wildman–Crippen MR) is 111 cm³/mol. The van der Waals surface area contributed by atoms with Gasteiger partial charge in [-0.2, -0.15) is 0 Å². The van der Waals surface area contributed by atoms with Gasteiger partial charge in [0, 0.05) is 50.2 Å². The van der Waals surface area contributed by atoms with Gasteiger partial charge in [0.15, 0.2) is 11.5 Å². The van der Waals surface area contributed by atoms with Gasteiger partial charge in [0.1, 0.15) is 5.75 Å². The molecule has 0 saturated heterocycles. The Balaban J connectivity index is 1.52. The van der Waals surface area contributed by atoms with Gasteiger partial charge in [-0.15, -0.1) is 0 Å². The Labute approximate surface area is 171 Å². The molecule has 0 unspecified atom stereocenters. The highest BCUT2D eigenvalue weighted by molar-refractivity contribution is 5.51. The summed E-state index contributed by atoms with van der Waals surface area (Å²) in [5, 5.41) is 0. The van der Waals surface area contributed by atoms with Gasteiger partial charge in [-0.1, -0.05) is 24.3 Å². The van der Waals surface area contributed by atoms with Crippen LogP contribution in [0.25, 0.3) is 0 Å². The molecule has 0 radical (unpaired) electrons. The van der Waals surface area contributed by atoms with Crippen molar-refractivity contribution in [1.29, 1.82) is 0 Å². The number of ether oxygens (including phenoxy) is 3. The lowest BCUT2D eigenvalue weighted by atomic mass is 10.1. The maximum absolute atomic E-state index is 5.63. The number of hydrogen-bond donors (Lipinski definition) is 0. The van der Waals surface area contributed by atoms with E-state index in [1.54, 1.807) is 7.11 Å². The molecule has 1 aromatic heterocycles. The predicted octanol–water partition coefficient (Wildman–Crippen LogP) is 4.02. The Morgan fingerprint density at radius 3 is 2.66 bits per heavy atom. The number of benzene rings is 2. The number of methoxy groups -OCH3 is 1. The molecule has 0 bridgehead atoms. The quantitative estimate of drug-likeness (QED) is 0.550. The first kappa shape index (κ1) is 19.3. The van der Waals surface area contributed by atoms with Crippen LogP contribution in [0.5, 0.6) is 17.2 Å². The van der Waals surface area contributed by atoms with Crippen LogP contribution < -0.4 is 14.2 Å². The second-order valence-electron chi connectivity index (χ2n) is 7.31. The first-order valence-corrected chi connectivity index (χ1v) is 9.92. The average Bonchev–Trinajstić information content (AvgIpc) is 3.40. The number of fused-ring (bicyclic) bond motifs is 1. The SMILES string of the molecule is COc1cc2c(cc1CN(CCCn1ccnc1)Cc1ccccc1C)OCO2. The number of aryl methyl sites for hydroxylation is 2. The summed E-state index contributed by atoms with van der Waals surface area (Å²) in [6.07, 6.45) is 6.73. The third-order valence-electron chi connectivity index (χ3n) is 5.27. The van der Waals surface area contributed by atoms with Crippen molar-refractivity contribution in [2.75, 3.05) is 20.4 Å². The number of hydrogen-bond acceptors (Lipinski definition) is 5. The maximum atomic E-state index is 5.63. The summed E-state index contributed by atoms with van der Waals surface area (Å²) in [6.45, 7) is 6.00. The lowest BCUT2D eigenvalue weighted by Crippen LogP contribution is -2.25. The number of imidazole rings is 1. The van der Waals surface area contributed by atoms with Crippen molar-refractivity contribution in [2.24, 2.45) is 0 Å². The van der Waals surface area contributed by atoms with Gasteiger partial charge < -0.3 is 18.8 Å². The second kappa shape index (κ2) is 9.01. The molecule has 0 fully saturated rings. The lowest BCUT2D eigenvalue weighted by Gasteiger charge is -2.24. The highest BCUT2D eigenvalue weighted by atomic mass is 16.7. The van der Waals surface area contributed by atoms with Crippen molar-refractivity contribution >= 4 is 0 Å². The molecule has 0 N–H and O–H groups in total. The summed E-state index contributed by atoms with van der Waals surface area (Å²) in [7, 11) is 1.70. The molecule has 152 valence electrons. The van der Waals surface area contributed by atoms with Crippen LogP contribution in [0.2, 0.25) is 0 Å². The maximum Gasteiger partial charge on any atom is 0.231 e. The second-order valence-corrected chi connectivity index (χ2v) is 7.31. The van der Waals surface area contributed by atoms with E-state index in [2.05, 4.69) is 45.6 Å². The van der Waals surface area contributed by atoms with Gasteiger partial charge in [0.25, 0.3) is 0 Å². The minimum absolute atomic E-state index is 0.264. The van der Waals surface area contributed by atoms with E-state index in [9.17, 15) is 0 Å². The molecule has 3 aromatic rings. The molecule has 0 atom stereocenters. The van der Waals surface area contributed by atoms with E-state index in [1.807, 2.05) is 30.9 Å². The van der Waals surface area contributed by atoms with Crippen LogP contribution in [0.4, 0.5) is 0 Å². The standard InChI is InChI=1S/C23H27N3O3/c1-18-6-3-4-7-19(18)14-26(10-5-9-25-11-8-24-16-25)15-20-12-22-23(29-17-28-22)13-21(20)27-2/h3-4,6-8,11-13,16H,5,9-10,14-15,17H2,1-2H3. The van der Waals surface area contributed by atoms with Gasteiger partial charge in [-0.3, -0.25) is 4.90 Å². The van der Waals surface area contributed by atoms with Crippen LogP contribution in [-0.4, -0.2) is 34.9 Å². The normalized spacial score (nSPS) is 12.5. The van der Waals surface area contributed by atoms with Gasteiger partial charge >= 0.3 is 0 Å². The fraction of sp³-hybridized carbons (Fsp3) is 0.348. The largest absolute Gasteiger partial charge is 0.496 e. The van der Waals surface area contributed by atoms with E-state index in [0.717, 1.165) is 55.4 Å². The van der Waals surface area contributed by atoms with Gasteiger partial charge in [-0.05, 0) is 30.5 Å². The smallest absolute Gasteiger partial charge is 0.231 e. The van der Waals surface area contributed by atoms with Crippen LogP contribution in [-0.2, 0) is 19.6 Å². The van der Waals surface area contributed by atoms with E-state index in [-0.39, 0.29) is 6.79 Å². The van der Waals surface area contributed by atoms with Crippen LogP contribution >= 0.6 is 0 Å². The zero-order valence-corrected chi connectivity index (χ0v) is 17.0. The third-order valence-corrected chi connectivity index (χ3v) is 5.27. The summed E-state index contributed by atoms with van der Waals surface area (Å²) >= 11 is 0. The molecule has 0 aliphatic carbocycles. The first-order chi connectivity index (χ1) is 14.2. The number of nitrogens with zero attached hydrogens (tertiary/aromatic N) is 3. The van der Waals surface area contributed by atoms with Gasteiger partial charge in [0.2, 0.25) is 6.79 Å². The number of rotatable bonds is 9. The van der Waals surface area contributed by atoms with Crippen LogP contribution in [0.3, 0.4) is 0 Å². The molecule has 0 amide bonds. The van der Waals surface area contributed by atoms with E-state index in [4.69, 9.17) is 14.2 Å². The van der Waals surface area contributed by atoms with Gasteiger partial charge in [-0.25, -0.2) is 4.98 Å². The molecule has 2 aromatic carbocycles.